The molecule has 7 heteroatoms. The molecule has 2 N–H and O–H groups in total. The Kier molecular flexibility index (Phi) is 6.61. The van der Waals surface area contributed by atoms with Gasteiger partial charge in [0.05, 0.1) is 10.5 Å². The van der Waals surface area contributed by atoms with Gasteiger partial charge in [0, 0.05) is 16.7 Å². The molecule has 3 rings (SSSR count). The molecular weight excluding hydrogens is 440 g/mol. The summed E-state index contributed by atoms with van der Waals surface area (Å²) in [5.41, 5.74) is 2.08. The first kappa shape index (κ1) is 20.3. The second kappa shape index (κ2) is 9.14. The summed E-state index contributed by atoms with van der Waals surface area (Å²) in [5.74, 6) is -0.274. The summed E-state index contributed by atoms with van der Waals surface area (Å²) in [6.45, 7) is 0.312. The maximum Gasteiger partial charge on any atom is 0.256 e. The first-order valence-electron chi connectivity index (χ1n) is 8.65. The molecule has 0 saturated heterocycles. The molecule has 0 aliphatic heterocycles. The lowest BCUT2D eigenvalue weighted by Gasteiger charge is -2.09. The molecular formula is C21H19BrN2O3S. The highest BCUT2D eigenvalue weighted by Gasteiger charge is 2.14. The number of hydrogen-bond donors (Lipinski definition) is 2. The first-order chi connectivity index (χ1) is 13.5. The number of benzene rings is 3. The molecule has 3 aromatic carbocycles. The molecule has 0 aromatic heterocycles. The number of carbonyl (C=O) groups excluding carboxylic acids is 1. The maximum atomic E-state index is 12.4. The lowest BCUT2D eigenvalue weighted by atomic mass is 10.2. The third kappa shape index (κ3) is 5.28. The minimum absolute atomic E-state index is 0.152. The number of sulfonamides is 1. The number of hydrogen-bond acceptors (Lipinski definition) is 3. The first-order valence-corrected chi connectivity index (χ1v) is 10.9. The highest BCUT2D eigenvalue weighted by molar-refractivity contribution is 9.10. The second-order valence-electron chi connectivity index (χ2n) is 6.09. The van der Waals surface area contributed by atoms with E-state index >= 15 is 0 Å². The minimum atomic E-state index is -3.60. The Bertz CT molecular complexity index is 1050. The van der Waals surface area contributed by atoms with Gasteiger partial charge in [-0.3, -0.25) is 4.79 Å². The second-order valence-corrected chi connectivity index (χ2v) is 8.71. The summed E-state index contributed by atoms with van der Waals surface area (Å²) in [6.07, 6.45) is 0.611. The predicted octanol–water partition coefficient (Wildman–Crippen LogP) is 4.22. The smallest absolute Gasteiger partial charge is 0.256 e. The zero-order valence-electron chi connectivity index (χ0n) is 14.9. The minimum Gasteiger partial charge on any atom is -0.322 e. The molecule has 5 nitrogen and oxygen atoms in total. The molecule has 3 aromatic rings. The lowest BCUT2D eigenvalue weighted by Crippen LogP contribution is -2.26. The number of amides is 1. The van der Waals surface area contributed by atoms with Gasteiger partial charge in [-0.05, 0) is 64.3 Å². The Morgan fingerprint density at radius 1 is 0.857 bits per heavy atom. The monoisotopic (exact) mass is 458 g/mol. The molecule has 28 heavy (non-hydrogen) atoms. The van der Waals surface area contributed by atoms with E-state index in [4.69, 9.17) is 0 Å². The number of nitrogens with one attached hydrogen (secondary N) is 2. The van der Waals surface area contributed by atoms with Crippen LogP contribution >= 0.6 is 15.9 Å². The van der Waals surface area contributed by atoms with Gasteiger partial charge in [0.1, 0.15) is 0 Å². The quantitative estimate of drug-likeness (QED) is 0.556. The van der Waals surface area contributed by atoms with Crippen molar-refractivity contribution in [2.45, 2.75) is 11.3 Å². The van der Waals surface area contributed by atoms with Crippen LogP contribution in [0, 0.1) is 0 Å². The van der Waals surface area contributed by atoms with E-state index in [-0.39, 0.29) is 10.8 Å². The number of rotatable bonds is 7. The van der Waals surface area contributed by atoms with Crippen molar-refractivity contribution in [1.82, 2.24) is 4.72 Å². The predicted molar refractivity (Wildman–Crippen MR) is 114 cm³/mol. The highest BCUT2D eigenvalue weighted by Crippen LogP contribution is 2.19. The maximum absolute atomic E-state index is 12.4. The van der Waals surface area contributed by atoms with Crippen molar-refractivity contribution in [3.63, 3.8) is 0 Å². The van der Waals surface area contributed by atoms with E-state index in [1.165, 1.54) is 12.1 Å². The Labute approximate surface area is 173 Å². The highest BCUT2D eigenvalue weighted by atomic mass is 79.9. The van der Waals surface area contributed by atoms with Crippen LogP contribution in [0.1, 0.15) is 15.9 Å². The van der Waals surface area contributed by atoms with Crippen LogP contribution in [0.3, 0.4) is 0 Å². The van der Waals surface area contributed by atoms with Crippen molar-refractivity contribution in [2.24, 2.45) is 0 Å². The summed E-state index contributed by atoms with van der Waals surface area (Å²) in [4.78, 5) is 12.5. The fourth-order valence-corrected chi connectivity index (χ4v) is 4.12. The van der Waals surface area contributed by atoms with E-state index in [1.807, 2.05) is 36.4 Å². The molecule has 0 bridgehead atoms. The lowest BCUT2D eigenvalue weighted by molar-refractivity contribution is 0.102. The van der Waals surface area contributed by atoms with Crippen molar-refractivity contribution < 1.29 is 13.2 Å². The topological polar surface area (TPSA) is 75.3 Å². The van der Waals surface area contributed by atoms with Crippen molar-refractivity contribution in [3.05, 3.63) is 94.5 Å². The summed E-state index contributed by atoms with van der Waals surface area (Å²) >= 11 is 3.34. The van der Waals surface area contributed by atoms with E-state index in [9.17, 15) is 13.2 Å². The Morgan fingerprint density at radius 3 is 2.18 bits per heavy atom. The van der Waals surface area contributed by atoms with Gasteiger partial charge in [0.2, 0.25) is 10.0 Å². The normalized spacial score (nSPS) is 11.2. The van der Waals surface area contributed by atoms with Gasteiger partial charge >= 0.3 is 0 Å². The van der Waals surface area contributed by atoms with Gasteiger partial charge in [-0.25, -0.2) is 13.1 Å². The van der Waals surface area contributed by atoms with Crippen molar-refractivity contribution in [2.75, 3.05) is 11.9 Å². The zero-order valence-corrected chi connectivity index (χ0v) is 17.3. The number of anilines is 1. The Hall–Kier alpha value is -2.48. The third-order valence-electron chi connectivity index (χ3n) is 4.09. The molecule has 0 heterocycles. The molecule has 144 valence electrons. The zero-order chi connectivity index (χ0) is 20.0. The van der Waals surface area contributed by atoms with Crippen LogP contribution in [0.5, 0.6) is 0 Å². The van der Waals surface area contributed by atoms with E-state index < -0.39 is 10.0 Å². The molecule has 0 radical (unpaired) electrons. The van der Waals surface area contributed by atoms with Gasteiger partial charge in [-0.1, -0.05) is 42.5 Å². The van der Waals surface area contributed by atoms with E-state index in [0.29, 0.717) is 28.7 Å². The van der Waals surface area contributed by atoms with Crippen LogP contribution in [-0.2, 0) is 16.4 Å². The van der Waals surface area contributed by atoms with Crippen LogP contribution in [0.2, 0.25) is 0 Å². The van der Waals surface area contributed by atoms with E-state index in [1.54, 1.807) is 30.3 Å². The summed E-state index contributed by atoms with van der Waals surface area (Å²) in [6, 6.07) is 22.8. The fraction of sp³-hybridized carbons (Fsp3) is 0.0952. The van der Waals surface area contributed by atoms with Gasteiger partial charge in [0.15, 0.2) is 0 Å². The van der Waals surface area contributed by atoms with E-state index in [0.717, 1.165) is 5.56 Å². The van der Waals surface area contributed by atoms with Gasteiger partial charge in [-0.2, -0.15) is 0 Å². The number of carbonyl (C=O) groups is 1. The van der Waals surface area contributed by atoms with Gasteiger partial charge in [-0.15, -0.1) is 0 Å². The average Bonchev–Trinajstić information content (AvgIpc) is 2.69. The summed E-state index contributed by atoms with van der Waals surface area (Å²) < 4.78 is 28.1. The fourth-order valence-electron chi connectivity index (χ4n) is 2.62. The molecule has 0 aliphatic rings. The standard InChI is InChI=1S/C21H19BrN2O3S/c22-20-9-5-4-8-19(20)21(25)24-17-10-12-18(13-11-17)28(26,27)23-15-14-16-6-2-1-3-7-16/h1-13,23H,14-15H2,(H,24,25). The average molecular weight is 459 g/mol. The molecule has 0 aliphatic carbocycles. The SMILES string of the molecule is O=C(Nc1ccc(S(=O)(=O)NCCc2ccccc2)cc1)c1ccccc1Br. The molecule has 0 atom stereocenters. The Balaban J connectivity index is 1.61. The third-order valence-corrected chi connectivity index (χ3v) is 6.26. The van der Waals surface area contributed by atoms with Crippen LogP contribution in [0.15, 0.2) is 88.2 Å². The molecule has 0 unspecified atom stereocenters. The largest absolute Gasteiger partial charge is 0.322 e. The molecule has 0 saturated carbocycles. The van der Waals surface area contributed by atoms with Crippen LogP contribution < -0.4 is 10.0 Å². The molecule has 0 fully saturated rings. The van der Waals surface area contributed by atoms with Crippen molar-refractivity contribution in [3.8, 4) is 0 Å². The van der Waals surface area contributed by atoms with Crippen LogP contribution in [0.4, 0.5) is 5.69 Å². The Morgan fingerprint density at radius 2 is 1.50 bits per heavy atom. The van der Waals surface area contributed by atoms with Crippen molar-refractivity contribution in [1.29, 1.82) is 0 Å². The molecule has 1 amide bonds. The summed E-state index contributed by atoms with van der Waals surface area (Å²) in [5, 5.41) is 2.76. The van der Waals surface area contributed by atoms with Gasteiger partial charge < -0.3 is 5.32 Å². The van der Waals surface area contributed by atoms with Crippen LogP contribution in [0.25, 0.3) is 0 Å². The summed E-state index contributed by atoms with van der Waals surface area (Å²) in [7, 11) is -3.60. The van der Waals surface area contributed by atoms with Crippen molar-refractivity contribution >= 4 is 37.5 Å². The van der Waals surface area contributed by atoms with Gasteiger partial charge in [0.25, 0.3) is 5.91 Å². The molecule has 0 spiro atoms. The van der Waals surface area contributed by atoms with E-state index in [2.05, 4.69) is 26.0 Å². The van der Waals surface area contributed by atoms with Crippen LogP contribution in [-0.4, -0.2) is 20.9 Å². The number of halogens is 1.